The van der Waals surface area contributed by atoms with Gasteiger partial charge in [-0.05, 0) is 6.42 Å². The molecule has 0 radical (unpaired) electrons. The molecule has 0 aliphatic heterocycles. The van der Waals surface area contributed by atoms with Crippen molar-refractivity contribution in [2.24, 2.45) is 0 Å². The van der Waals surface area contributed by atoms with Crippen molar-refractivity contribution >= 4 is 11.8 Å². The number of methoxy groups -OCH3 is 1. The Labute approximate surface area is 104 Å². The van der Waals surface area contributed by atoms with Gasteiger partial charge in [-0.2, -0.15) is 0 Å². The van der Waals surface area contributed by atoms with Crippen LogP contribution in [0.15, 0.2) is 6.33 Å². The molecule has 0 aliphatic carbocycles. The van der Waals surface area contributed by atoms with Crippen LogP contribution in [-0.2, 0) is 16.0 Å². The second-order valence-corrected chi connectivity index (χ2v) is 3.67. The predicted octanol–water partition coefficient (Wildman–Crippen LogP) is 1.08. The van der Waals surface area contributed by atoms with Gasteiger partial charge in [0.1, 0.15) is 6.33 Å². The maximum absolute atomic E-state index is 13.7. The summed E-state index contributed by atoms with van der Waals surface area (Å²) in [5, 5.41) is 11.4. The van der Waals surface area contributed by atoms with E-state index in [1.54, 1.807) is 6.92 Å². The average molecular weight is 257 g/mol. The van der Waals surface area contributed by atoms with E-state index in [0.29, 0.717) is 12.1 Å². The zero-order chi connectivity index (χ0) is 13.5. The molecule has 1 heterocycles. The van der Waals surface area contributed by atoms with Gasteiger partial charge in [0.05, 0.1) is 18.2 Å². The van der Waals surface area contributed by atoms with Crippen LogP contribution in [0.1, 0.15) is 19.0 Å². The molecule has 2 N–H and O–H groups in total. The van der Waals surface area contributed by atoms with Gasteiger partial charge in [-0.1, -0.05) is 6.92 Å². The molecule has 6 nitrogen and oxygen atoms in total. The second-order valence-electron chi connectivity index (χ2n) is 3.67. The van der Waals surface area contributed by atoms with Crippen LogP contribution in [-0.4, -0.2) is 40.8 Å². The zero-order valence-corrected chi connectivity index (χ0v) is 10.3. The Morgan fingerprint density at radius 1 is 1.61 bits per heavy atom. The third kappa shape index (κ3) is 3.92. The Kier molecular flexibility index (Phi) is 5.44. The molecular weight excluding hydrogens is 241 g/mol. The summed E-state index contributed by atoms with van der Waals surface area (Å²) in [5.74, 6) is -1.42. The van der Waals surface area contributed by atoms with Crippen LogP contribution in [0, 0.1) is 5.82 Å². The minimum Gasteiger partial charge on any atom is -0.481 e. The number of rotatable bonds is 7. The number of nitrogens with one attached hydrogen (secondary N) is 1. The summed E-state index contributed by atoms with van der Waals surface area (Å²) in [5.41, 5.74) is 0.319. The van der Waals surface area contributed by atoms with Gasteiger partial charge in [0.25, 0.3) is 0 Å². The van der Waals surface area contributed by atoms with Gasteiger partial charge in [-0.3, -0.25) is 4.79 Å². The van der Waals surface area contributed by atoms with Crippen LogP contribution in [0.5, 0.6) is 0 Å². The standard InChI is InChI=1S/C11H16FN3O3/c1-3-8-10(12)11(15-6-14-8)13-5-7(18-2)4-9(16)17/h6-7H,3-5H2,1-2H3,(H,16,17)(H,13,14,15). The highest BCUT2D eigenvalue weighted by Gasteiger charge is 2.14. The Balaban J connectivity index is 2.64. The Hall–Kier alpha value is -1.76. The zero-order valence-electron chi connectivity index (χ0n) is 10.3. The molecule has 0 saturated carbocycles. The summed E-state index contributed by atoms with van der Waals surface area (Å²) in [4.78, 5) is 18.1. The quantitative estimate of drug-likeness (QED) is 0.760. The number of hydrogen-bond donors (Lipinski definition) is 2. The number of hydrogen-bond acceptors (Lipinski definition) is 5. The molecule has 0 spiro atoms. The van der Waals surface area contributed by atoms with Gasteiger partial charge in [0.15, 0.2) is 11.6 Å². The first kappa shape index (κ1) is 14.3. The lowest BCUT2D eigenvalue weighted by Gasteiger charge is -2.15. The van der Waals surface area contributed by atoms with E-state index < -0.39 is 17.9 Å². The van der Waals surface area contributed by atoms with Crippen molar-refractivity contribution in [1.29, 1.82) is 0 Å². The van der Waals surface area contributed by atoms with E-state index in [0.717, 1.165) is 0 Å². The van der Waals surface area contributed by atoms with Crippen LogP contribution in [0.3, 0.4) is 0 Å². The number of aryl methyl sites for hydroxylation is 1. The van der Waals surface area contributed by atoms with Crippen molar-refractivity contribution in [1.82, 2.24) is 9.97 Å². The molecule has 18 heavy (non-hydrogen) atoms. The summed E-state index contributed by atoms with van der Waals surface area (Å²) in [6.45, 7) is 1.96. The SMILES string of the molecule is CCc1ncnc(NCC(CC(=O)O)OC)c1F. The van der Waals surface area contributed by atoms with Gasteiger partial charge < -0.3 is 15.2 Å². The van der Waals surface area contributed by atoms with E-state index in [9.17, 15) is 9.18 Å². The summed E-state index contributed by atoms with van der Waals surface area (Å²) in [6.07, 6.45) is 1.04. The second kappa shape index (κ2) is 6.85. The van der Waals surface area contributed by atoms with Crippen LogP contribution in [0.25, 0.3) is 0 Å². The van der Waals surface area contributed by atoms with Gasteiger partial charge in [-0.15, -0.1) is 0 Å². The molecule has 7 heteroatoms. The Morgan fingerprint density at radius 3 is 2.89 bits per heavy atom. The highest BCUT2D eigenvalue weighted by atomic mass is 19.1. The lowest BCUT2D eigenvalue weighted by atomic mass is 10.2. The molecule has 0 aromatic carbocycles. The number of anilines is 1. The Bertz CT molecular complexity index is 415. The van der Waals surface area contributed by atoms with Gasteiger partial charge in [-0.25, -0.2) is 14.4 Å². The van der Waals surface area contributed by atoms with Crippen molar-refractivity contribution in [3.8, 4) is 0 Å². The topological polar surface area (TPSA) is 84.3 Å². The van der Waals surface area contributed by atoms with Crippen LogP contribution < -0.4 is 5.32 Å². The monoisotopic (exact) mass is 257 g/mol. The summed E-state index contributed by atoms with van der Waals surface area (Å²) in [6, 6.07) is 0. The normalized spacial score (nSPS) is 12.2. The molecule has 0 fully saturated rings. The average Bonchev–Trinajstić information content (AvgIpc) is 2.35. The van der Waals surface area contributed by atoms with Gasteiger partial charge in [0, 0.05) is 13.7 Å². The predicted molar refractivity (Wildman–Crippen MR) is 62.9 cm³/mol. The first-order valence-electron chi connectivity index (χ1n) is 5.56. The summed E-state index contributed by atoms with van der Waals surface area (Å²) >= 11 is 0. The molecule has 0 bridgehead atoms. The van der Waals surface area contributed by atoms with Crippen molar-refractivity contribution in [2.75, 3.05) is 19.0 Å². The van der Waals surface area contributed by atoms with Gasteiger partial charge >= 0.3 is 5.97 Å². The maximum atomic E-state index is 13.7. The molecule has 0 saturated heterocycles. The lowest BCUT2D eigenvalue weighted by Crippen LogP contribution is -2.25. The molecular formula is C11H16FN3O3. The fraction of sp³-hybridized carbons (Fsp3) is 0.545. The maximum Gasteiger partial charge on any atom is 0.306 e. The first-order valence-corrected chi connectivity index (χ1v) is 5.56. The van der Waals surface area contributed by atoms with E-state index in [1.165, 1.54) is 13.4 Å². The fourth-order valence-corrected chi connectivity index (χ4v) is 1.42. The van der Waals surface area contributed by atoms with Crippen molar-refractivity contribution in [2.45, 2.75) is 25.9 Å². The van der Waals surface area contributed by atoms with E-state index in [-0.39, 0.29) is 18.8 Å². The van der Waals surface area contributed by atoms with E-state index in [2.05, 4.69) is 15.3 Å². The Morgan fingerprint density at radius 2 is 2.33 bits per heavy atom. The first-order chi connectivity index (χ1) is 8.58. The summed E-state index contributed by atoms with van der Waals surface area (Å²) < 4.78 is 18.7. The van der Waals surface area contributed by atoms with Crippen molar-refractivity contribution in [3.63, 3.8) is 0 Å². The minimum absolute atomic E-state index is 0.0642. The van der Waals surface area contributed by atoms with E-state index in [4.69, 9.17) is 9.84 Å². The number of carboxylic acids is 1. The molecule has 1 aromatic rings. The molecule has 1 atom stereocenters. The largest absolute Gasteiger partial charge is 0.481 e. The number of carbonyl (C=O) groups is 1. The van der Waals surface area contributed by atoms with E-state index in [1.807, 2.05) is 0 Å². The molecule has 0 amide bonds. The van der Waals surface area contributed by atoms with E-state index >= 15 is 0 Å². The number of ether oxygens (including phenoxy) is 1. The molecule has 100 valence electrons. The number of aliphatic carboxylic acids is 1. The summed E-state index contributed by atoms with van der Waals surface area (Å²) in [7, 11) is 1.41. The molecule has 1 rings (SSSR count). The van der Waals surface area contributed by atoms with Crippen LogP contribution in [0.2, 0.25) is 0 Å². The van der Waals surface area contributed by atoms with Crippen LogP contribution in [0.4, 0.5) is 10.2 Å². The molecule has 1 unspecified atom stereocenters. The minimum atomic E-state index is -0.971. The van der Waals surface area contributed by atoms with Gasteiger partial charge in [0.2, 0.25) is 0 Å². The number of halogens is 1. The highest BCUT2D eigenvalue weighted by molar-refractivity contribution is 5.67. The number of aromatic nitrogens is 2. The highest BCUT2D eigenvalue weighted by Crippen LogP contribution is 2.13. The lowest BCUT2D eigenvalue weighted by molar-refractivity contribution is -0.139. The smallest absolute Gasteiger partial charge is 0.306 e. The van der Waals surface area contributed by atoms with Crippen molar-refractivity contribution in [3.05, 3.63) is 17.8 Å². The third-order valence-electron chi connectivity index (χ3n) is 2.43. The fourth-order valence-electron chi connectivity index (χ4n) is 1.42. The van der Waals surface area contributed by atoms with Crippen LogP contribution >= 0.6 is 0 Å². The number of carboxylic acid groups (broad SMARTS) is 1. The third-order valence-corrected chi connectivity index (χ3v) is 2.43. The van der Waals surface area contributed by atoms with Crippen molar-refractivity contribution < 1.29 is 19.0 Å². The number of nitrogens with zero attached hydrogens (tertiary/aromatic N) is 2. The molecule has 1 aromatic heterocycles. The molecule has 0 aliphatic rings.